The zero-order valence-corrected chi connectivity index (χ0v) is 19.1. The second-order valence-electron chi connectivity index (χ2n) is 8.77. The van der Waals surface area contributed by atoms with Crippen LogP contribution in [0.15, 0.2) is 48.5 Å². The second kappa shape index (κ2) is 11.8. The van der Waals surface area contributed by atoms with Gasteiger partial charge in [-0.2, -0.15) is 0 Å². The molecule has 0 radical (unpaired) electrons. The normalized spacial score (nSPS) is 15.2. The van der Waals surface area contributed by atoms with Crippen LogP contribution < -0.4 is 16.2 Å². The van der Waals surface area contributed by atoms with Gasteiger partial charge in [-0.05, 0) is 86.3 Å². The number of nitrogens with two attached hydrogens (primary N) is 2. The Morgan fingerprint density at radius 3 is 2.50 bits per heavy atom. The molecule has 1 aliphatic rings. The first-order chi connectivity index (χ1) is 15.5. The van der Waals surface area contributed by atoms with Crippen LogP contribution in [0.1, 0.15) is 62.1 Å². The summed E-state index contributed by atoms with van der Waals surface area (Å²) in [6, 6.07) is 17.1. The van der Waals surface area contributed by atoms with Gasteiger partial charge in [-0.15, -0.1) is 0 Å². The van der Waals surface area contributed by atoms with E-state index in [-0.39, 0.29) is 6.54 Å². The number of hydrogen-bond acceptors (Lipinski definition) is 5. The summed E-state index contributed by atoms with van der Waals surface area (Å²) < 4.78 is 11.2. The highest BCUT2D eigenvalue weighted by Crippen LogP contribution is 2.31. The van der Waals surface area contributed by atoms with Crippen LogP contribution in [0.2, 0.25) is 0 Å². The first-order valence-corrected chi connectivity index (χ1v) is 11.7. The quantitative estimate of drug-likeness (QED) is 0.393. The van der Waals surface area contributed by atoms with Gasteiger partial charge in [-0.1, -0.05) is 42.5 Å². The average molecular weight is 437 g/mol. The van der Waals surface area contributed by atoms with Crippen LogP contribution in [-0.4, -0.2) is 31.3 Å². The number of ether oxygens (including phenoxy) is 2. The Balaban J connectivity index is 1.41. The first kappa shape index (κ1) is 24.0. The van der Waals surface area contributed by atoms with Crippen LogP contribution in [0.3, 0.4) is 0 Å². The predicted molar refractivity (Wildman–Crippen MR) is 130 cm³/mol. The van der Waals surface area contributed by atoms with Crippen molar-refractivity contribution < 1.29 is 14.3 Å². The number of carbonyl (C=O) groups is 1. The molecule has 0 fully saturated rings. The van der Waals surface area contributed by atoms with Crippen LogP contribution >= 0.6 is 0 Å². The largest absolute Gasteiger partial charge is 0.494 e. The van der Waals surface area contributed by atoms with E-state index in [9.17, 15) is 4.79 Å². The van der Waals surface area contributed by atoms with Crippen molar-refractivity contribution in [3.8, 4) is 5.75 Å². The van der Waals surface area contributed by atoms with Gasteiger partial charge in [0.05, 0.1) is 13.2 Å². The van der Waals surface area contributed by atoms with Gasteiger partial charge in [0.1, 0.15) is 11.3 Å². The number of allylic oxidation sites excluding steroid dienone is 1. The minimum Gasteiger partial charge on any atom is -0.494 e. The van der Waals surface area contributed by atoms with E-state index >= 15 is 0 Å². The fourth-order valence-electron chi connectivity index (χ4n) is 3.79. The summed E-state index contributed by atoms with van der Waals surface area (Å²) in [6.07, 6.45) is 9.47. The van der Waals surface area contributed by atoms with Crippen LogP contribution in [-0.2, 0) is 16.0 Å². The first-order valence-electron chi connectivity index (χ1n) is 11.7. The Morgan fingerprint density at radius 2 is 1.75 bits per heavy atom. The predicted octanol–water partition coefficient (Wildman–Crippen LogP) is 4.72. The molecule has 1 atom stereocenters. The lowest BCUT2D eigenvalue weighted by Crippen LogP contribution is -2.52. The monoisotopic (exact) mass is 436 g/mol. The smallest absolute Gasteiger partial charge is 0.327 e. The van der Waals surface area contributed by atoms with Gasteiger partial charge < -0.3 is 20.9 Å². The topological polar surface area (TPSA) is 87.6 Å². The van der Waals surface area contributed by atoms with Crippen molar-refractivity contribution in [2.75, 3.05) is 19.8 Å². The molecule has 0 aromatic heterocycles. The lowest BCUT2D eigenvalue weighted by atomic mass is 10.0. The number of unbranched alkanes of at least 4 members (excludes halogenated alkanes) is 3. The van der Waals surface area contributed by atoms with E-state index < -0.39 is 11.5 Å². The van der Waals surface area contributed by atoms with Gasteiger partial charge >= 0.3 is 5.97 Å². The third-order valence-electron chi connectivity index (χ3n) is 5.91. The summed E-state index contributed by atoms with van der Waals surface area (Å²) in [4.78, 5) is 11.8. The number of benzene rings is 2. The summed E-state index contributed by atoms with van der Waals surface area (Å²) in [7, 11) is 0. The Bertz CT molecular complexity index is 906. The van der Waals surface area contributed by atoms with E-state index in [1.54, 1.807) is 6.92 Å². The number of aryl methyl sites for hydroxylation is 1. The third-order valence-corrected chi connectivity index (χ3v) is 5.91. The van der Waals surface area contributed by atoms with Crippen molar-refractivity contribution in [1.82, 2.24) is 0 Å². The highest BCUT2D eigenvalue weighted by atomic mass is 16.5. The summed E-state index contributed by atoms with van der Waals surface area (Å²) >= 11 is 0. The molecular formula is C27H36N2O3. The molecule has 1 aliphatic carbocycles. The number of carbonyl (C=O) groups excluding carboxylic acids is 1. The zero-order chi connectivity index (χ0) is 22.8. The number of esters is 1. The van der Waals surface area contributed by atoms with E-state index in [4.69, 9.17) is 20.9 Å². The van der Waals surface area contributed by atoms with Crippen LogP contribution in [0.25, 0.3) is 11.6 Å². The molecule has 5 heteroatoms. The molecule has 2 aromatic carbocycles. The lowest BCUT2D eigenvalue weighted by molar-refractivity contribution is -0.149. The molecule has 4 N–H and O–H groups in total. The van der Waals surface area contributed by atoms with Crippen LogP contribution in [0.4, 0.5) is 0 Å². The maximum absolute atomic E-state index is 11.8. The summed E-state index contributed by atoms with van der Waals surface area (Å²) in [5.41, 5.74) is 15.5. The fourth-order valence-corrected chi connectivity index (χ4v) is 3.79. The molecule has 32 heavy (non-hydrogen) atoms. The zero-order valence-electron chi connectivity index (χ0n) is 19.1. The van der Waals surface area contributed by atoms with Crippen molar-refractivity contribution >= 4 is 17.6 Å². The molecule has 1 unspecified atom stereocenters. The summed E-state index contributed by atoms with van der Waals surface area (Å²) in [6.45, 7) is 2.73. The highest BCUT2D eigenvalue weighted by molar-refractivity contribution is 5.83. The van der Waals surface area contributed by atoms with E-state index in [1.807, 2.05) is 0 Å². The van der Waals surface area contributed by atoms with Gasteiger partial charge in [-0.25, -0.2) is 0 Å². The molecule has 0 heterocycles. The Kier molecular flexibility index (Phi) is 8.89. The molecule has 0 saturated carbocycles. The third kappa shape index (κ3) is 6.94. The van der Waals surface area contributed by atoms with Gasteiger partial charge in [0.2, 0.25) is 0 Å². The molecule has 2 aromatic rings. The fraction of sp³-hybridized carbons (Fsp3) is 0.444. The van der Waals surface area contributed by atoms with Crippen molar-refractivity contribution in [3.63, 3.8) is 0 Å². The standard InChI is InChI=1S/C27H36N2O3/c1-27(29,20-28)26(30)32-17-8-3-2-7-16-31-25-15-14-22-12-9-13-23(18-24(22)19-25)21-10-5-4-6-11-21/h4-6,10-11,14-15,18-19H,2-3,7-9,12-13,16-17,20,28-29H2,1H3. The van der Waals surface area contributed by atoms with E-state index in [1.165, 1.54) is 28.7 Å². The summed E-state index contributed by atoms with van der Waals surface area (Å²) in [5.74, 6) is 0.489. The molecule has 0 aliphatic heterocycles. The minimum absolute atomic E-state index is 0.0786. The molecule has 5 nitrogen and oxygen atoms in total. The SMILES string of the molecule is CC(N)(CN)C(=O)OCCCCCCOc1ccc2c(c1)C=C(c1ccccc1)CCC2. The van der Waals surface area contributed by atoms with E-state index in [2.05, 4.69) is 54.6 Å². The van der Waals surface area contributed by atoms with Gasteiger partial charge in [0.15, 0.2) is 0 Å². The number of fused-ring (bicyclic) bond motifs is 1. The summed E-state index contributed by atoms with van der Waals surface area (Å²) in [5, 5.41) is 0. The number of rotatable bonds is 11. The van der Waals surface area contributed by atoms with Gasteiger partial charge in [-0.3, -0.25) is 4.79 Å². The van der Waals surface area contributed by atoms with Gasteiger partial charge in [0.25, 0.3) is 0 Å². The second-order valence-corrected chi connectivity index (χ2v) is 8.77. The molecule has 0 spiro atoms. The van der Waals surface area contributed by atoms with Crippen molar-refractivity contribution in [3.05, 3.63) is 65.2 Å². The van der Waals surface area contributed by atoms with Crippen LogP contribution in [0.5, 0.6) is 5.75 Å². The highest BCUT2D eigenvalue weighted by Gasteiger charge is 2.27. The average Bonchev–Trinajstić information content (AvgIpc) is 3.03. The Labute approximate surface area is 191 Å². The van der Waals surface area contributed by atoms with Crippen LogP contribution in [0, 0.1) is 0 Å². The maximum Gasteiger partial charge on any atom is 0.327 e. The van der Waals surface area contributed by atoms with Crippen molar-refractivity contribution in [2.24, 2.45) is 11.5 Å². The maximum atomic E-state index is 11.8. The Hall–Kier alpha value is -2.63. The molecular weight excluding hydrogens is 400 g/mol. The number of hydrogen-bond donors (Lipinski definition) is 2. The van der Waals surface area contributed by atoms with Gasteiger partial charge in [0, 0.05) is 6.54 Å². The Morgan fingerprint density at radius 1 is 1.00 bits per heavy atom. The lowest BCUT2D eigenvalue weighted by Gasteiger charge is -2.19. The molecule has 0 saturated heterocycles. The molecule has 172 valence electrons. The van der Waals surface area contributed by atoms with E-state index in [0.29, 0.717) is 13.2 Å². The van der Waals surface area contributed by atoms with E-state index in [0.717, 1.165) is 44.3 Å². The van der Waals surface area contributed by atoms with Crippen molar-refractivity contribution in [2.45, 2.75) is 57.4 Å². The minimum atomic E-state index is -1.10. The molecule has 3 rings (SSSR count). The molecule has 0 amide bonds. The molecule has 0 bridgehead atoms. The van der Waals surface area contributed by atoms with Crippen molar-refractivity contribution in [1.29, 1.82) is 0 Å².